The summed E-state index contributed by atoms with van der Waals surface area (Å²) in [6.07, 6.45) is 3.28. The summed E-state index contributed by atoms with van der Waals surface area (Å²) in [5.74, 6) is 0.238. The van der Waals surface area contributed by atoms with Gasteiger partial charge in [-0.25, -0.2) is 9.37 Å². The van der Waals surface area contributed by atoms with E-state index in [9.17, 15) is 4.39 Å². The number of rotatable bonds is 4. The summed E-state index contributed by atoms with van der Waals surface area (Å²) in [6.45, 7) is -0.0907. The van der Waals surface area contributed by atoms with Gasteiger partial charge in [0.15, 0.2) is 0 Å². The highest BCUT2D eigenvalue weighted by Crippen LogP contribution is 2.33. The Labute approximate surface area is 144 Å². The molecular weight excluding hydrogens is 329 g/mol. The third-order valence-electron chi connectivity index (χ3n) is 3.67. The van der Waals surface area contributed by atoms with E-state index in [1.165, 1.54) is 6.07 Å². The number of methoxy groups -OCH3 is 1. The molecule has 3 aromatic rings. The molecule has 0 atom stereocenters. The highest BCUT2D eigenvalue weighted by molar-refractivity contribution is 6.31. The van der Waals surface area contributed by atoms with Gasteiger partial charge in [-0.2, -0.15) is 0 Å². The molecule has 0 radical (unpaired) electrons. The van der Waals surface area contributed by atoms with Gasteiger partial charge in [-0.3, -0.25) is 0 Å². The number of ether oxygens (including phenoxy) is 1. The van der Waals surface area contributed by atoms with Crippen LogP contribution in [0.1, 0.15) is 5.69 Å². The normalized spacial score (nSPS) is 11.3. The second-order valence-corrected chi connectivity index (χ2v) is 5.60. The van der Waals surface area contributed by atoms with E-state index in [2.05, 4.69) is 4.98 Å². The van der Waals surface area contributed by atoms with E-state index < -0.39 is 5.82 Å². The minimum Gasteiger partial charge on any atom is -0.497 e. The summed E-state index contributed by atoms with van der Waals surface area (Å²) < 4.78 is 19.0. The SMILES string of the molecule is COc1ccc(-c2cc(/C=C/CO)nc3cc(F)c(Cl)cc23)cc1. The van der Waals surface area contributed by atoms with Crippen LogP contribution in [-0.4, -0.2) is 23.8 Å². The van der Waals surface area contributed by atoms with E-state index in [1.54, 1.807) is 25.3 Å². The molecule has 0 bridgehead atoms. The number of hydrogen-bond donors (Lipinski definition) is 1. The van der Waals surface area contributed by atoms with Gasteiger partial charge in [0.2, 0.25) is 0 Å². The first-order chi connectivity index (χ1) is 11.6. The van der Waals surface area contributed by atoms with Crippen molar-refractivity contribution in [3.63, 3.8) is 0 Å². The first-order valence-electron chi connectivity index (χ1n) is 7.34. The van der Waals surface area contributed by atoms with Crippen LogP contribution in [0.3, 0.4) is 0 Å². The van der Waals surface area contributed by atoms with Crippen LogP contribution in [0, 0.1) is 5.82 Å². The van der Waals surface area contributed by atoms with Crippen LogP contribution in [-0.2, 0) is 0 Å². The Morgan fingerprint density at radius 3 is 2.62 bits per heavy atom. The highest BCUT2D eigenvalue weighted by atomic mass is 35.5. The lowest BCUT2D eigenvalue weighted by atomic mass is 9.99. The molecule has 5 heteroatoms. The molecule has 1 heterocycles. The van der Waals surface area contributed by atoms with Crippen molar-refractivity contribution in [2.45, 2.75) is 0 Å². The Morgan fingerprint density at radius 1 is 1.21 bits per heavy atom. The lowest BCUT2D eigenvalue weighted by Gasteiger charge is -2.10. The van der Waals surface area contributed by atoms with E-state index in [-0.39, 0.29) is 11.6 Å². The lowest BCUT2D eigenvalue weighted by Crippen LogP contribution is -1.91. The predicted octanol–water partition coefficient (Wildman–Crippen LogP) is 4.71. The summed E-state index contributed by atoms with van der Waals surface area (Å²) in [5, 5.41) is 9.77. The maximum Gasteiger partial charge on any atom is 0.143 e. The van der Waals surface area contributed by atoms with Crippen LogP contribution in [0.25, 0.3) is 28.1 Å². The average molecular weight is 344 g/mol. The Bertz CT molecular complexity index is 907. The molecule has 122 valence electrons. The van der Waals surface area contributed by atoms with Crippen molar-refractivity contribution in [2.75, 3.05) is 13.7 Å². The Hall–Kier alpha value is -2.43. The number of hydrogen-bond acceptors (Lipinski definition) is 3. The van der Waals surface area contributed by atoms with Gasteiger partial charge in [0.05, 0.1) is 29.9 Å². The maximum atomic E-state index is 13.8. The van der Waals surface area contributed by atoms with Crippen molar-refractivity contribution >= 4 is 28.6 Å². The zero-order valence-corrected chi connectivity index (χ0v) is 13.7. The number of nitrogens with zero attached hydrogens (tertiary/aromatic N) is 1. The minimum absolute atomic E-state index is 0.0534. The Kier molecular flexibility index (Phi) is 4.79. The summed E-state index contributed by atoms with van der Waals surface area (Å²) >= 11 is 5.95. The molecule has 3 rings (SSSR count). The zero-order valence-electron chi connectivity index (χ0n) is 13.0. The average Bonchev–Trinajstić information content (AvgIpc) is 2.60. The topological polar surface area (TPSA) is 42.4 Å². The van der Waals surface area contributed by atoms with Crippen LogP contribution in [0.4, 0.5) is 4.39 Å². The van der Waals surface area contributed by atoms with E-state index >= 15 is 0 Å². The van der Waals surface area contributed by atoms with Gasteiger partial charge in [0.1, 0.15) is 11.6 Å². The van der Waals surface area contributed by atoms with Crippen molar-refractivity contribution in [3.8, 4) is 16.9 Å². The minimum atomic E-state index is -0.513. The number of aliphatic hydroxyl groups excluding tert-OH is 1. The van der Waals surface area contributed by atoms with Crippen LogP contribution >= 0.6 is 11.6 Å². The number of benzene rings is 2. The van der Waals surface area contributed by atoms with Gasteiger partial charge in [-0.1, -0.05) is 29.8 Å². The standard InChI is InChI=1S/C19H15ClFNO2/c1-24-14-6-4-12(5-7-14)15-9-13(3-2-8-23)22-19-11-18(21)17(20)10-16(15)19/h2-7,9-11,23H,8H2,1H3/b3-2+. The van der Waals surface area contributed by atoms with Crippen LogP contribution < -0.4 is 4.74 Å². The first-order valence-corrected chi connectivity index (χ1v) is 7.72. The molecule has 1 aromatic heterocycles. The summed E-state index contributed by atoms with van der Waals surface area (Å²) in [5.41, 5.74) is 2.94. The van der Waals surface area contributed by atoms with Crippen molar-refractivity contribution in [1.82, 2.24) is 4.98 Å². The zero-order chi connectivity index (χ0) is 17.1. The van der Waals surface area contributed by atoms with E-state index in [1.807, 2.05) is 30.3 Å². The van der Waals surface area contributed by atoms with Crippen LogP contribution in [0.5, 0.6) is 5.75 Å². The molecule has 2 aromatic carbocycles. The summed E-state index contributed by atoms with van der Waals surface area (Å²) in [6, 6.07) is 12.3. The third-order valence-corrected chi connectivity index (χ3v) is 3.96. The molecule has 3 nitrogen and oxygen atoms in total. The lowest BCUT2D eigenvalue weighted by molar-refractivity contribution is 0.343. The van der Waals surface area contributed by atoms with Crippen LogP contribution in [0.15, 0.2) is 48.5 Å². The molecule has 0 fully saturated rings. The largest absolute Gasteiger partial charge is 0.497 e. The molecule has 0 aliphatic heterocycles. The van der Waals surface area contributed by atoms with E-state index in [4.69, 9.17) is 21.4 Å². The quantitative estimate of drug-likeness (QED) is 0.746. The fourth-order valence-electron chi connectivity index (χ4n) is 2.51. The molecule has 0 aliphatic carbocycles. The van der Waals surface area contributed by atoms with Gasteiger partial charge in [-0.15, -0.1) is 0 Å². The molecule has 0 saturated heterocycles. The molecule has 0 spiro atoms. The molecule has 24 heavy (non-hydrogen) atoms. The van der Waals surface area contributed by atoms with Gasteiger partial charge in [0.25, 0.3) is 0 Å². The number of fused-ring (bicyclic) bond motifs is 1. The van der Waals surface area contributed by atoms with Gasteiger partial charge < -0.3 is 9.84 Å². The summed E-state index contributed by atoms with van der Waals surface area (Å²) in [7, 11) is 1.61. The first kappa shape index (κ1) is 16.4. The predicted molar refractivity (Wildman–Crippen MR) is 94.8 cm³/mol. The molecule has 0 unspecified atom stereocenters. The monoisotopic (exact) mass is 343 g/mol. The molecular formula is C19H15ClFNO2. The van der Waals surface area contributed by atoms with Crippen LogP contribution in [0.2, 0.25) is 5.02 Å². The fraction of sp³-hybridized carbons (Fsp3) is 0.105. The smallest absolute Gasteiger partial charge is 0.143 e. The molecule has 1 N–H and O–H groups in total. The van der Waals surface area contributed by atoms with Gasteiger partial charge in [0, 0.05) is 11.5 Å². The van der Waals surface area contributed by atoms with E-state index in [0.717, 1.165) is 22.3 Å². The van der Waals surface area contributed by atoms with Gasteiger partial charge >= 0.3 is 0 Å². The van der Waals surface area contributed by atoms with Crippen molar-refractivity contribution in [2.24, 2.45) is 0 Å². The number of aliphatic hydroxyl groups is 1. The third kappa shape index (κ3) is 3.25. The van der Waals surface area contributed by atoms with Crippen molar-refractivity contribution < 1.29 is 14.2 Å². The number of pyridine rings is 1. The Balaban J connectivity index is 2.25. The molecule has 0 saturated carbocycles. The molecule has 0 amide bonds. The fourth-order valence-corrected chi connectivity index (χ4v) is 2.67. The van der Waals surface area contributed by atoms with Crippen molar-refractivity contribution in [3.05, 3.63) is 65.1 Å². The number of aromatic nitrogens is 1. The second-order valence-electron chi connectivity index (χ2n) is 5.19. The van der Waals surface area contributed by atoms with E-state index in [0.29, 0.717) is 11.2 Å². The number of halogens is 2. The maximum absolute atomic E-state index is 13.8. The van der Waals surface area contributed by atoms with Crippen molar-refractivity contribution in [1.29, 1.82) is 0 Å². The second kappa shape index (κ2) is 6.99. The Morgan fingerprint density at radius 2 is 1.96 bits per heavy atom. The van der Waals surface area contributed by atoms with Gasteiger partial charge in [-0.05, 0) is 41.5 Å². The highest BCUT2D eigenvalue weighted by Gasteiger charge is 2.11. The summed E-state index contributed by atoms with van der Waals surface area (Å²) in [4.78, 5) is 4.41. The molecule has 0 aliphatic rings.